The topological polar surface area (TPSA) is 83.3 Å². The van der Waals surface area contributed by atoms with Crippen LogP contribution >= 0.6 is 0 Å². The molecule has 0 radical (unpaired) electrons. The minimum atomic E-state index is -2.53. The Morgan fingerprint density at radius 2 is 1.83 bits per heavy atom. The number of fused-ring (bicyclic) bond motifs is 1. The number of anilines is 1. The predicted molar refractivity (Wildman–Crippen MR) is 133 cm³/mol. The lowest BCUT2D eigenvalue weighted by Crippen LogP contribution is -2.38. The highest BCUT2D eigenvalue weighted by atomic mass is 19.3. The molecule has 7 nitrogen and oxygen atoms in total. The van der Waals surface area contributed by atoms with Crippen LogP contribution in [0.5, 0.6) is 0 Å². The third-order valence-electron chi connectivity index (χ3n) is 6.56. The number of nitrogens with one attached hydrogen (secondary N) is 1. The van der Waals surface area contributed by atoms with Crippen LogP contribution in [0.15, 0.2) is 47.4 Å². The zero-order valence-corrected chi connectivity index (χ0v) is 20.5. The summed E-state index contributed by atoms with van der Waals surface area (Å²) in [4.78, 5) is 23.6. The van der Waals surface area contributed by atoms with E-state index in [-0.39, 0.29) is 31.0 Å². The molecule has 188 valence electrons. The minimum absolute atomic E-state index is 0.0523. The highest BCUT2D eigenvalue weighted by molar-refractivity contribution is 5.75. The van der Waals surface area contributed by atoms with Crippen molar-refractivity contribution in [2.75, 3.05) is 25.0 Å². The summed E-state index contributed by atoms with van der Waals surface area (Å²) in [6.45, 7) is 7.55. The van der Waals surface area contributed by atoms with Gasteiger partial charge >= 0.3 is 0 Å². The summed E-state index contributed by atoms with van der Waals surface area (Å²) in [5, 5.41) is 13.7. The molecule has 1 fully saturated rings. The number of benzene rings is 1. The molecule has 1 unspecified atom stereocenters. The van der Waals surface area contributed by atoms with Gasteiger partial charge in [-0.2, -0.15) is 4.98 Å². The lowest BCUT2D eigenvalue weighted by molar-refractivity contribution is -0.0566. The van der Waals surface area contributed by atoms with Crippen LogP contribution < -0.4 is 10.9 Å². The van der Waals surface area contributed by atoms with Crippen LogP contribution in [-0.4, -0.2) is 50.2 Å². The number of rotatable bonds is 8. The molecule has 2 aromatic heterocycles. The Morgan fingerprint density at radius 1 is 1.14 bits per heavy atom. The normalized spacial score (nSPS) is 17.4. The third-order valence-corrected chi connectivity index (χ3v) is 6.56. The van der Waals surface area contributed by atoms with Gasteiger partial charge in [-0.3, -0.25) is 14.3 Å². The largest absolute Gasteiger partial charge is 0.396 e. The van der Waals surface area contributed by atoms with Gasteiger partial charge in [0.05, 0.1) is 6.04 Å². The maximum absolute atomic E-state index is 13.4. The molecule has 9 heteroatoms. The van der Waals surface area contributed by atoms with Crippen molar-refractivity contribution < 1.29 is 13.9 Å². The number of halogens is 2. The minimum Gasteiger partial charge on any atom is -0.396 e. The maximum atomic E-state index is 13.4. The van der Waals surface area contributed by atoms with Crippen molar-refractivity contribution in [1.82, 2.24) is 19.4 Å². The van der Waals surface area contributed by atoms with Gasteiger partial charge in [-0.15, -0.1) is 0 Å². The van der Waals surface area contributed by atoms with Gasteiger partial charge < -0.3 is 10.4 Å². The van der Waals surface area contributed by atoms with Gasteiger partial charge in [-0.25, -0.2) is 13.8 Å². The van der Waals surface area contributed by atoms with E-state index in [9.17, 15) is 18.7 Å². The van der Waals surface area contributed by atoms with Crippen molar-refractivity contribution in [1.29, 1.82) is 0 Å². The van der Waals surface area contributed by atoms with Crippen molar-refractivity contribution in [2.24, 2.45) is 5.41 Å². The molecule has 1 saturated heterocycles. The van der Waals surface area contributed by atoms with Crippen LogP contribution in [0.4, 0.5) is 14.7 Å². The average Bonchev–Trinajstić information content (AvgIpc) is 2.83. The molecular formula is C26H33F2N5O2. The zero-order valence-electron chi connectivity index (χ0n) is 20.5. The predicted octanol–water partition coefficient (Wildman–Crippen LogP) is 4.21. The van der Waals surface area contributed by atoms with E-state index in [0.717, 1.165) is 16.5 Å². The first kappa shape index (κ1) is 25.2. The molecular weight excluding hydrogens is 452 g/mol. The number of nitrogens with zero attached hydrogens (tertiary/aromatic N) is 4. The second-order valence-corrected chi connectivity index (χ2v) is 10.3. The molecule has 3 aromatic rings. The van der Waals surface area contributed by atoms with E-state index < -0.39 is 11.3 Å². The van der Waals surface area contributed by atoms with Crippen LogP contribution in [0.2, 0.25) is 0 Å². The first-order valence-corrected chi connectivity index (χ1v) is 12.0. The summed E-state index contributed by atoms with van der Waals surface area (Å²) in [5.41, 5.74) is 2.00. The number of aromatic nitrogens is 3. The van der Waals surface area contributed by atoms with E-state index in [0.29, 0.717) is 37.8 Å². The van der Waals surface area contributed by atoms with Gasteiger partial charge in [-0.05, 0) is 24.1 Å². The summed E-state index contributed by atoms with van der Waals surface area (Å²) in [6, 6.07) is 11.2. The second kappa shape index (κ2) is 9.99. The number of pyridine rings is 1. The van der Waals surface area contributed by atoms with E-state index in [4.69, 9.17) is 0 Å². The van der Waals surface area contributed by atoms with Gasteiger partial charge in [0.15, 0.2) is 0 Å². The SMILES string of the molecule is CC(Nc1ncc2ccc(=O)n(CC(C)(C)CO)c2n1)c1ccc(CN2CCC(F)(F)CC2)cc1. The van der Waals surface area contributed by atoms with Gasteiger partial charge in [0.2, 0.25) is 5.95 Å². The third kappa shape index (κ3) is 6.21. The quantitative estimate of drug-likeness (QED) is 0.497. The summed E-state index contributed by atoms with van der Waals surface area (Å²) < 4.78 is 28.3. The molecule has 2 N–H and O–H groups in total. The summed E-state index contributed by atoms with van der Waals surface area (Å²) in [6.07, 6.45) is 1.52. The van der Waals surface area contributed by atoms with Crippen molar-refractivity contribution >= 4 is 17.0 Å². The summed E-state index contributed by atoms with van der Waals surface area (Å²) >= 11 is 0. The molecule has 0 spiro atoms. The second-order valence-electron chi connectivity index (χ2n) is 10.3. The lowest BCUT2D eigenvalue weighted by Gasteiger charge is -2.31. The first-order valence-electron chi connectivity index (χ1n) is 12.0. The number of aliphatic hydroxyl groups excluding tert-OH is 1. The standard InChI is InChI=1S/C26H33F2N5O2/c1-18(20-6-4-19(5-7-20)15-32-12-10-26(27,28)11-13-32)30-24-29-14-21-8-9-22(35)33(23(21)31-24)16-25(2,3)17-34/h4-9,14,18,34H,10-13,15-17H2,1-3H3,(H,29,30,31). The molecule has 0 saturated carbocycles. The van der Waals surface area contributed by atoms with E-state index in [1.165, 1.54) is 6.07 Å². The molecule has 1 aliphatic heterocycles. The van der Waals surface area contributed by atoms with Crippen LogP contribution in [0, 0.1) is 5.41 Å². The van der Waals surface area contributed by atoms with Crippen molar-refractivity contribution in [2.45, 2.75) is 58.7 Å². The highest BCUT2D eigenvalue weighted by Gasteiger charge is 2.33. The van der Waals surface area contributed by atoms with Crippen LogP contribution in [0.1, 0.15) is 50.8 Å². The fourth-order valence-corrected chi connectivity index (χ4v) is 4.26. The van der Waals surface area contributed by atoms with Gasteiger partial charge in [0.1, 0.15) is 5.65 Å². The Labute approximate surface area is 203 Å². The molecule has 3 heterocycles. The van der Waals surface area contributed by atoms with E-state index >= 15 is 0 Å². The number of aliphatic hydroxyl groups is 1. The maximum Gasteiger partial charge on any atom is 0.252 e. The van der Waals surface area contributed by atoms with Crippen LogP contribution in [0.25, 0.3) is 11.0 Å². The Morgan fingerprint density at radius 3 is 2.49 bits per heavy atom. The Hall–Kier alpha value is -2.91. The smallest absolute Gasteiger partial charge is 0.252 e. The van der Waals surface area contributed by atoms with Crippen molar-refractivity contribution in [3.05, 3.63) is 64.1 Å². The van der Waals surface area contributed by atoms with Gasteiger partial charge in [-0.1, -0.05) is 38.1 Å². The number of likely N-dealkylation sites (tertiary alicyclic amines) is 1. The Bertz CT molecular complexity index is 1220. The lowest BCUT2D eigenvalue weighted by atomic mass is 9.95. The van der Waals surface area contributed by atoms with Crippen LogP contribution in [0.3, 0.4) is 0 Å². The van der Waals surface area contributed by atoms with E-state index in [1.54, 1.807) is 16.8 Å². The molecule has 4 rings (SSSR count). The van der Waals surface area contributed by atoms with Gasteiger partial charge in [0.25, 0.3) is 11.5 Å². The van der Waals surface area contributed by atoms with Crippen LogP contribution in [-0.2, 0) is 13.1 Å². The molecule has 0 bridgehead atoms. The molecule has 1 aliphatic rings. The number of alkyl halides is 2. The average molecular weight is 486 g/mol. The molecule has 1 aromatic carbocycles. The molecule has 0 amide bonds. The monoisotopic (exact) mass is 485 g/mol. The summed E-state index contributed by atoms with van der Waals surface area (Å²) in [5.74, 6) is -2.12. The molecule has 0 aliphatic carbocycles. The highest BCUT2D eigenvalue weighted by Crippen LogP contribution is 2.28. The first-order chi connectivity index (χ1) is 16.5. The Kier molecular flexibility index (Phi) is 7.19. The van der Waals surface area contributed by atoms with E-state index in [1.807, 2.05) is 45.0 Å². The number of hydrogen-bond donors (Lipinski definition) is 2. The van der Waals surface area contributed by atoms with E-state index in [2.05, 4.69) is 20.2 Å². The van der Waals surface area contributed by atoms with Gasteiger partial charge in [0, 0.05) is 68.7 Å². The molecule has 1 atom stereocenters. The van der Waals surface area contributed by atoms with Crippen molar-refractivity contribution in [3.63, 3.8) is 0 Å². The zero-order chi connectivity index (χ0) is 25.2. The molecule has 35 heavy (non-hydrogen) atoms. The fraction of sp³-hybridized carbons (Fsp3) is 0.500. The number of hydrogen-bond acceptors (Lipinski definition) is 6. The Balaban J connectivity index is 1.46. The van der Waals surface area contributed by atoms with Crippen molar-refractivity contribution in [3.8, 4) is 0 Å². The summed E-state index contributed by atoms with van der Waals surface area (Å²) in [7, 11) is 0. The number of piperidine rings is 1. The fourth-order valence-electron chi connectivity index (χ4n) is 4.26.